The van der Waals surface area contributed by atoms with Crippen molar-refractivity contribution in [3.8, 4) is 0 Å². The molecule has 0 heterocycles. The molecule has 0 saturated heterocycles. The second-order valence-electron chi connectivity index (χ2n) is 3.94. The molecule has 82 valence electrons. The van der Waals surface area contributed by atoms with Crippen molar-refractivity contribution < 1.29 is 14.6 Å². The van der Waals surface area contributed by atoms with Gasteiger partial charge in [0.15, 0.2) is 0 Å². The Morgan fingerprint density at radius 3 is 2.71 bits per heavy atom. The third kappa shape index (κ3) is 2.47. The molecule has 0 aliphatic heterocycles. The van der Waals surface area contributed by atoms with E-state index in [0.717, 1.165) is 25.7 Å². The minimum Gasteiger partial charge on any atom is -0.466 e. The Morgan fingerprint density at radius 2 is 2.14 bits per heavy atom. The van der Waals surface area contributed by atoms with E-state index in [1.807, 2.05) is 0 Å². The zero-order chi connectivity index (χ0) is 10.6. The van der Waals surface area contributed by atoms with Crippen LogP contribution >= 0.6 is 0 Å². The highest BCUT2D eigenvalue weighted by Crippen LogP contribution is 2.33. The van der Waals surface area contributed by atoms with Crippen molar-refractivity contribution in [1.29, 1.82) is 0 Å². The maximum absolute atomic E-state index is 11.6. The van der Waals surface area contributed by atoms with Crippen LogP contribution in [-0.4, -0.2) is 23.8 Å². The fourth-order valence-electron chi connectivity index (χ4n) is 2.31. The van der Waals surface area contributed by atoms with Crippen LogP contribution in [0.15, 0.2) is 0 Å². The van der Waals surface area contributed by atoms with E-state index < -0.39 is 6.10 Å². The molecule has 0 unspecified atom stereocenters. The van der Waals surface area contributed by atoms with Crippen molar-refractivity contribution in [1.82, 2.24) is 0 Å². The normalized spacial score (nSPS) is 32.6. The maximum Gasteiger partial charge on any atom is 0.311 e. The van der Waals surface area contributed by atoms with Crippen molar-refractivity contribution in [2.75, 3.05) is 6.61 Å². The van der Waals surface area contributed by atoms with E-state index in [1.165, 1.54) is 0 Å². The number of aliphatic hydroxyl groups is 1. The molecule has 0 radical (unpaired) electrons. The zero-order valence-corrected chi connectivity index (χ0v) is 9.03. The van der Waals surface area contributed by atoms with Crippen LogP contribution < -0.4 is 0 Å². The first-order chi connectivity index (χ1) is 6.70. The molecule has 1 aliphatic carbocycles. The van der Waals surface area contributed by atoms with Crippen LogP contribution in [-0.2, 0) is 9.53 Å². The van der Waals surface area contributed by atoms with Crippen LogP contribution in [0.4, 0.5) is 0 Å². The summed E-state index contributed by atoms with van der Waals surface area (Å²) in [6.45, 7) is 4.27. The molecule has 1 saturated carbocycles. The third-order valence-electron chi connectivity index (χ3n) is 3.08. The Labute approximate surface area is 85.5 Å². The van der Waals surface area contributed by atoms with Crippen molar-refractivity contribution in [2.45, 2.75) is 45.6 Å². The van der Waals surface area contributed by atoms with Gasteiger partial charge in [-0.15, -0.1) is 0 Å². The van der Waals surface area contributed by atoms with Crippen LogP contribution in [0.5, 0.6) is 0 Å². The smallest absolute Gasteiger partial charge is 0.311 e. The SMILES string of the molecule is CCOC(=O)[C@H]1[C@@H](CC)CCC[C@@H]1O. The molecule has 0 aromatic rings. The monoisotopic (exact) mass is 200 g/mol. The predicted octanol–water partition coefficient (Wildman–Crippen LogP) is 1.74. The van der Waals surface area contributed by atoms with E-state index in [9.17, 15) is 9.90 Å². The summed E-state index contributed by atoms with van der Waals surface area (Å²) < 4.78 is 4.98. The van der Waals surface area contributed by atoms with Gasteiger partial charge in [0.25, 0.3) is 0 Å². The van der Waals surface area contributed by atoms with Gasteiger partial charge in [-0.3, -0.25) is 4.79 Å². The molecule has 3 atom stereocenters. The molecule has 0 aromatic carbocycles. The first-order valence-electron chi connectivity index (χ1n) is 5.55. The van der Waals surface area contributed by atoms with Crippen LogP contribution in [0.25, 0.3) is 0 Å². The highest BCUT2D eigenvalue weighted by molar-refractivity contribution is 5.73. The fourth-order valence-corrected chi connectivity index (χ4v) is 2.31. The lowest BCUT2D eigenvalue weighted by atomic mass is 9.76. The molecule has 14 heavy (non-hydrogen) atoms. The summed E-state index contributed by atoms with van der Waals surface area (Å²) in [6.07, 6.45) is 3.25. The number of ether oxygens (including phenoxy) is 1. The first kappa shape index (κ1) is 11.5. The summed E-state index contributed by atoms with van der Waals surface area (Å²) in [6, 6.07) is 0. The van der Waals surface area contributed by atoms with E-state index >= 15 is 0 Å². The minimum atomic E-state index is -0.493. The second kappa shape index (κ2) is 5.35. The molecular formula is C11H20O3. The average molecular weight is 200 g/mol. The Kier molecular flexibility index (Phi) is 4.39. The Hall–Kier alpha value is -0.570. The highest BCUT2D eigenvalue weighted by Gasteiger charge is 2.37. The molecular weight excluding hydrogens is 180 g/mol. The molecule has 0 bridgehead atoms. The van der Waals surface area contributed by atoms with Gasteiger partial charge in [-0.05, 0) is 25.7 Å². The zero-order valence-electron chi connectivity index (χ0n) is 9.03. The van der Waals surface area contributed by atoms with Gasteiger partial charge in [-0.1, -0.05) is 19.8 Å². The minimum absolute atomic E-state index is 0.216. The molecule has 1 fully saturated rings. The summed E-state index contributed by atoms with van der Waals surface area (Å²) >= 11 is 0. The summed E-state index contributed by atoms with van der Waals surface area (Å²) in [5.41, 5.74) is 0. The second-order valence-corrected chi connectivity index (χ2v) is 3.94. The van der Waals surface area contributed by atoms with Crippen LogP contribution in [0.3, 0.4) is 0 Å². The Balaban J connectivity index is 2.63. The largest absolute Gasteiger partial charge is 0.466 e. The van der Waals surface area contributed by atoms with Crippen molar-refractivity contribution in [3.63, 3.8) is 0 Å². The number of rotatable bonds is 3. The van der Waals surface area contributed by atoms with Crippen molar-refractivity contribution in [3.05, 3.63) is 0 Å². The van der Waals surface area contributed by atoms with Crippen molar-refractivity contribution in [2.24, 2.45) is 11.8 Å². The van der Waals surface area contributed by atoms with E-state index in [4.69, 9.17) is 4.74 Å². The van der Waals surface area contributed by atoms with E-state index in [0.29, 0.717) is 12.5 Å². The molecule has 0 spiro atoms. The molecule has 0 aromatic heterocycles. The topological polar surface area (TPSA) is 46.5 Å². The number of carbonyl (C=O) groups excluding carboxylic acids is 1. The van der Waals surface area contributed by atoms with Crippen molar-refractivity contribution >= 4 is 5.97 Å². The summed E-state index contributed by atoms with van der Waals surface area (Å²) in [5.74, 6) is -0.196. The lowest BCUT2D eigenvalue weighted by Crippen LogP contribution is -2.39. The van der Waals surface area contributed by atoms with Gasteiger partial charge in [-0.2, -0.15) is 0 Å². The number of hydrogen-bond donors (Lipinski definition) is 1. The molecule has 0 amide bonds. The van der Waals surface area contributed by atoms with Gasteiger partial charge in [0.05, 0.1) is 18.6 Å². The molecule has 1 rings (SSSR count). The lowest BCUT2D eigenvalue weighted by Gasteiger charge is -2.33. The molecule has 3 heteroatoms. The fraction of sp³-hybridized carbons (Fsp3) is 0.909. The molecule has 3 nitrogen and oxygen atoms in total. The molecule has 1 N–H and O–H groups in total. The first-order valence-corrected chi connectivity index (χ1v) is 5.55. The number of carbonyl (C=O) groups is 1. The highest BCUT2D eigenvalue weighted by atomic mass is 16.5. The average Bonchev–Trinajstić information content (AvgIpc) is 2.17. The van der Waals surface area contributed by atoms with Crippen LogP contribution in [0.1, 0.15) is 39.5 Å². The quantitative estimate of drug-likeness (QED) is 0.706. The maximum atomic E-state index is 11.6. The molecule has 1 aliphatic rings. The number of esters is 1. The van der Waals surface area contributed by atoms with E-state index in [2.05, 4.69) is 6.92 Å². The predicted molar refractivity (Wildman–Crippen MR) is 53.8 cm³/mol. The van der Waals surface area contributed by atoms with Crippen LogP contribution in [0, 0.1) is 11.8 Å². The number of aliphatic hydroxyl groups excluding tert-OH is 1. The third-order valence-corrected chi connectivity index (χ3v) is 3.08. The van der Waals surface area contributed by atoms with Gasteiger partial charge in [0.2, 0.25) is 0 Å². The summed E-state index contributed by atoms with van der Waals surface area (Å²) in [4.78, 5) is 11.6. The van der Waals surface area contributed by atoms with Gasteiger partial charge in [0.1, 0.15) is 0 Å². The summed E-state index contributed by atoms with van der Waals surface area (Å²) in [7, 11) is 0. The lowest BCUT2D eigenvalue weighted by molar-refractivity contribution is -0.157. The van der Waals surface area contributed by atoms with Gasteiger partial charge in [-0.25, -0.2) is 0 Å². The van der Waals surface area contributed by atoms with E-state index in [1.54, 1.807) is 6.92 Å². The van der Waals surface area contributed by atoms with Gasteiger partial charge < -0.3 is 9.84 Å². The van der Waals surface area contributed by atoms with E-state index in [-0.39, 0.29) is 11.9 Å². The summed E-state index contributed by atoms with van der Waals surface area (Å²) in [5, 5.41) is 9.77. The van der Waals surface area contributed by atoms with Crippen LogP contribution in [0.2, 0.25) is 0 Å². The Bertz CT molecular complexity index is 191. The van der Waals surface area contributed by atoms with Gasteiger partial charge in [0, 0.05) is 0 Å². The van der Waals surface area contributed by atoms with Gasteiger partial charge >= 0.3 is 5.97 Å². The Morgan fingerprint density at radius 1 is 1.43 bits per heavy atom. The standard InChI is InChI=1S/C11H20O3/c1-3-8-6-5-7-9(12)10(8)11(13)14-4-2/h8-10,12H,3-7H2,1-2H3/t8-,9-,10-/m0/s1. The number of hydrogen-bond acceptors (Lipinski definition) is 3.